The third-order valence-electron chi connectivity index (χ3n) is 2.45. The number of furan rings is 1. The monoisotopic (exact) mass is 248 g/mol. The van der Waals surface area contributed by atoms with Gasteiger partial charge in [-0.3, -0.25) is 4.79 Å². The van der Waals surface area contributed by atoms with Gasteiger partial charge >= 0.3 is 0 Å². The number of amides is 1. The van der Waals surface area contributed by atoms with E-state index in [-0.39, 0.29) is 18.2 Å². The number of aliphatic hydroxyl groups is 1. The maximum Gasteiger partial charge on any atom is 0.287 e. The second-order valence-electron chi connectivity index (χ2n) is 4.90. The van der Waals surface area contributed by atoms with Crippen molar-refractivity contribution < 1.29 is 14.3 Å². The van der Waals surface area contributed by atoms with Crippen molar-refractivity contribution in [2.75, 3.05) is 12.3 Å². The van der Waals surface area contributed by atoms with E-state index < -0.39 is 5.60 Å². The first-order chi connectivity index (χ1) is 8.35. The summed E-state index contributed by atoms with van der Waals surface area (Å²) in [5, 5.41) is 12.9. The maximum absolute atomic E-state index is 11.8. The molecule has 0 saturated heterocycles. The van der Waals surface area contributed by atoms with E-state index in [1.165, 1.54) is 0 Å². The molecule has 96 valence electrons. The molecule has 0 fully saturated rings. The molecule has 1 amide bonds. The minimum absolute atomic E-state index is 0.158. The Morgan fingerprint density at radius 3 is 2.83 bits per heavy atom. The van der Waals surface area contributed by atoms with E-state index in [1.807, 2.05) is 0 Å². The lowest BCUT2D eigenvalue weighted by atomic mass is 10.1. The molecule has 0 saturated carbocycles. The van der Waals surface area contributed by atoms with Crippen molar-refractivity contribution in [2.24, 2.45) is 0 Å². The second-order valence-corrected chi connectivity index (χ2v) is 4.90. The Kier molecular flexibility index (Phi) is 3.00. The van der Waals surface area contributed by atoms with Gasteiger partial charge in [0.15, 0.2) is 5.76 Å². The van der Waals surface area contributed by atoms with Crippen LogP contribution in [0.3, 0.4) is 0 Å². The van der Waals surface area contributed by atoms with Gasteiger partial charge in [0.25, 0.3) is 5.91 Å². The smallest absolute Gasteiger partial charge is 0.287 e. The summed E-state index contributed by atoms with van der Waals surface area (Å²) in [6, 6.07) is 6.80. The van der Waals surface area contributed by atoms with Crippen LogP contribution < -0.4 is 11.1 Å². The summed E-state index contributed by atoms with van der Waals surface area (Å²) >= 11 is 0. The number of fused-ring (bicyclic) bond motifs is 1. The molecule has 0 aliphatic rings. The molecule has 0 bridgehead atoms. The fourth-order valence-electron chi connectivity index (χ4n) is 1.56. The predicted molar refractivity (Wildman–Crippen MR) is 69.3 cm³/mol. The van der Waals surface area contributed by atoms with E-state index in [4.69, 9.17) is 10.2 Å². The van der Waals surface area contributed by atoms with Gasteiger partial charge in [-0.25, -0.2) is 0 Å². The van der Waals surface area contributed by atoms with Gasteiger partial charge in [-0.05, 0) is 38.1 Å². The highest BCUT2D eigenvalue weighted by Gasteiger charge is 2.17. The number of rotatable bonds is 3. The third kappa shape index (κ3) is 2.81. The van der Waals surface area contributed by atoms with Crippen LogP contribution in [0.15, 0.2) is 28.7 Å². The Morgan fingerprint density at radius 1 is 1.44 bits per heavy atom. The van der Waals surface area contributed by atoms with Gasteiger partial charge in [0.1, 0.15) is 5.58 Å². The summed E-state index contributed by atoms with van der Waals surface area (Å²) in [6.45, 7) is 3.39. The van der Waals surface area contributed by atoms with Crippen LogP contribution >= 0.6 is 0 Å². The first kappa shape index (κ1) is 12.4. The van der Waals surface area contributed by atoms with Crippen molar-refractivity contribution in [1.29, 1.82) is 0 Å². The number of carbonyl (C=O) groups is 1. The Hall–Kier alpha value is -2.01. The number of carbonyl (C=O) groups excluding carboxylic acids is 1. The molecule has 18 heavy (non-hydrogen) atoms. The topological polar surface area (TPSA) is 88.5 Å². The molecule has 1 heterocycles. The van der Waals surface area contributed by atoms with Crippen LogP contribution in [0.1, 0.15) is 24.4 Å². The molecule has 1 aromatic carbocycles. The summed E-state index contributed by atoms with van der Waals surface area (Å²) in [4.78, 5) is 11.8. The van der Waals surface area contributed by atoms with Crippen LogP contribution in [0.25, 0.3) is 11.0 Å². The zero-order chi connectivity index (χ0) is 13.3. The highest BCUT2D eigenvalue weighted by atomic mass is 16.3. The van der Waals surface area contributed by atoms with Crippen LogP contribution in [-0.2, 0) is 0 Å². The molecular formula is C13H16N2O3. The number of nitrogens with two attached hydrogens (primary N) is 1. The van der Waals surface area contributed by atoms with Gasteiger partial charge in [0.2, 0.25) is 0 Å². The van der Waals surface area contributed by atoms with Crippen molar-refractivity contribution >= 4 is 22.6 Å². The third-order valence-corrected chi connectivity index (χ3v) is 2.45. The van der Waals surface area contributed by atoms with Gasteiger partial charge in [0, 0.05) is 17.6 Å². The van der Waals surface area contributed by atoms with Crippen molar-refractivity contribution in [3.05, 3.63) is 30.0 Å². The van der Waals surface area contributed by atoms with Crippen LogP contribution in [0.5, 0.6) is 0 Å². The lowest BCUT2D eigenvalue weighted by Gasteiger charge is -2.16. The van der Waals surface area contributed by atoms with Crippen LogP contribution in [0.4, 0.5) is 5.69 Å². The summed E-state index contributed by atoms with van der Waals surface area (Å²) < 4.78 is 5.40. The fraction of sp³-hybridized carbons (Fsp3) is 0.308. The van der Waals surface area contributed by atoms with Crippen molar-refractivity contribution in [1.82, 2.24) is 5.32 Å². The van der Waals surface area contributed by atoms with E-state index in [0.29, 0.717) is 11.3 Å². The molecule has 5 nitrogen and oxygen atoms in total. The number of nitrogen functional groups attached to an aromatic ring is 1. The number of anilines is 1. The van der Waals surface area contributed by atoms with Crippen LogP contribution in [0.2, 0.25) is 0 Å². The average Bonchev–Trinajstić information content (AvgIpc) is 2.67. The van der Waals surface area contributed by atoms with E-state index in [1.54, 1.807) is 38.1 Å². The van der Waals surface area contributed by atoms with E-state index >= 15 is 0 Å². The minimum Gasteiger partial charge on any atom is -0.451 e. The molecular weight excluding hydrogens is 232 g/mol. The molecule has 0 spiro atoms. The largest absolute Gasteiger partial charge is 0.451 e. The molecule has 0 unspecified atom stereocenters. The quantitative estimate of drug-likeness (QED) is 0.718. The summed E-state index contributed by atoms with van der Waals surface area (Å²) in [6.07, 6.45) is 0. The standard InChI is InChI=1S/C13H16N2O3/c1-13(2,17)7-15-12(16)11-6-8-5-9(14)3-4-10(8)18-11/h3-6,17H,7,14H2,1-2H3,(H,15,16). The minimum atomic E-state index is -0.952. The highest BCUT2D eigenvalue weighted by molar-refractivity contribution is 5.96. The van der Waals surface area contributed by atoms with Gasteiger partial charge in [-0.15, -0.1) is 0 Å². The Balaban J connectivity index is 2.18. The first-order valence-corrected chi connectivity index (χ1v) is 5.65. The number of hydrogen-bond donors (Lipinski definition) is 3. The first-order valence-electron chi connectivity index (χ1n) is 5.65. The SMILES string of the molecule is CC(C)(O)CNC(=O)c1cc2cc(N)ccc2o1. The van der Waals surface area contributed by atoms with Crippen LogP contribution in [0, 0.1) is 0 Å². The molecule has 2 aromatic rings. The van der Waals surface area contributed by atoms with E-state index in [0.717, 1.165) is 5.39 Å². The van der Waals surface area contributed by atoms with E-state index in [2.05, 4.69) is 5.32 Å². The van der Waals surface area contributed by atoms with Gasteiger partial charge in [-0.1, -0.05) is 0 Å². The zero-order valence-corrected chi connectivity index (χ0v) is 10.4. The Labute approximate surface area is 105 Å². The molecule has 4 N–H and O–H groups in total. The number of benzene rings is 1. The zero-order valence-electron chi connectivity index (χ0n) is 10.4. The van der Waals surface area contributed by atoms with Crippen molar-refractivity contribution in [3.63, 3.8) is 0 Å². The number of nitrogens with one attached hydrogen (secondary N) is 1. The predicted octanol–water partition coefficient (Wildman–Crippen LogP) is 1.52. The van der Waals surface area contributed by atoms with Gasteiger partial charge < -0.3 is 20.6 Å². The van der Waals surface area contributed by atoms with Gasteiger partial charge in [0.05, 0.1) is 5.60 Å². The Morgan fingerprint density at radius 2 is 2.17 bits per heavy atom. The van der Waals surface area contributed by atoms with Crippen LogP contribution in [-0.4, -0.2) is 23.2 Å². The van der Waals surface area contributed by atoms with Gasteiger partial charge in [-0.2, -0.15) is 0 Å². The summed E-state index contributed by atoms with van der Waals surface area (Å²) in [7, 11) is 0. The van der Waals surface area contributed by atoms with E-state index in [9.17, 15) is 9.90 Å². The molecule has 0 aliphatic carbocycles. The second kappa shape index (κ2) is 4.34. The molecule has 5 heteroatoms. The number of hydrogen-bond acceptors (Lipinski definition) is 4. The fourth-order valence-corrected chi connectivity index (χ4v) is 1.56. The molecule has 0 radical (unpaired) electrons. The molecule has 2 rings (SSSR count). The summed E-state index contributed by atoms with van der Waals surface area (Å²) in [5.41, 5.74) is 5.92. The maximum atomic E-state index is 11.8. The highest BCUT2D eigenvalue weighted by Crippen LogP contribution is 2.21. The normalized spacial score (nSPS) is 11.7. The summed E-state index contributed by atoms with van der Waals surface area (Å²) in [5.74, 6) is -0.147. The molecule has 1 aromatic heterocycles. The van der Waals surface area contributed by atoms with Crippen molar-refractivity contribution in [2.45, 2.75) is 19.4 Å². The molecule has 0 atom stereocenters. The molecule has 0 aliphatic heterocycles. The lowest BCUT2D eigenvalue weighted by Crippen LogP contribution is -2.38. The Bertz CT molecular complexity index is 581. The van der Waals surface area contributed by atoms with Crippen molar-refractivity contribution in [3.8, 4) is 0 Å². The average molecular weight is 248 g/mol. The lowest BCUT2D eigenvalue weighted by molar-refractivity contribution is 0.0682.